The number of rotatable bonds is 18. The number of hydrogen-bond acceptors (Lipinski definition) is 3. The molecule has 152 valence electrons. The van der Waals surface area contributed by atoms with Gasteiger partial charge in [0.05, 0.1) is 6.61 Å². The first kappa shape index (κ1) is 24.7. The molecule has 0 rings (SSSR count). The van der Waals surface area contributed by atoms with Crippen molar-refractivity contribution in [3.8, 4) is 0 Å². The van der Waals surface area contributed by atoms with E-state index in [1.807, 2.05) is 0 Å². The average Bonchev–Trinajstić information content (AvgIpc) is 2.63. The van der Waals surface area contributed by atoms with Crippen LogP contribution in [0.2, 0.25) is 0 Å². The Labute approximate surface area is 161 Å². The van der Waals surface area contributed by atoms with Crippen molar-refractivity contribution in [3.05, 3.63) is 12.2 Å². The maximum atomic E-state index is 11.5. The minimum absolute atomic E-state index is 0.229. The van der Waals surface area contributed by atoms with Gasteiger partial charge in [-0.2, -0.15) is 0 Å². The van der Waals surface area contributed by atoms with E-state index >= 15 is 0 Å². The number of carbonyl (C=O) groups excluding carboxylic acids is 2. The topological polar surface area (TPSA) is 55.4 Å². The molecule has 0 spiro atoms. The zero-order chi connectivity index (χ0) is 19.3. The molecule has 0 fully saturated rings. The molecule has 0 atom stereocenters. The summed E-state index contributed by atoms with van der Waals surface area (Å²) in [4.78, 5) is 22.6. The molecule has 0 aromatic carbocycles. The highest BCUT2D eigenvalue weighted by Crippen LogP contribution is 2.12. The molecule has 0 aromatic rings. The fraction of sp³-hybridized carbons (Fsp3) is 0.818. The van der Waals surface area contributed by atoms with Crippen LogP contribution in [-0.4, -0.2) is 25.0 Å². The number of carbonyl (C=O) groups is 2. The Hall–Kier alpha value is -1.32. The molecule has 26 heavy (non-hydrogen) atoms. The van der Waals surface area contributed by atoms with Gasteiger partial charge in [0, 0.05) is 18.7 Å². The minimum atomic E-state index is -0.473. The minimum Gasteiger partial charge on any atom is -0.463 e. The third-order valence-corrected chi connectivity index (χ3v) is 4.49. The molecule has 0 heterocycles. The van der Waals surface area contributed by atoms with Crippen LogP contribution in [-0.2, 0) is 14.3 Å². The van der Waals surface area contributed by atoms with Gasteiger partial charge in [-0.05, 0) is 13.3 Å². The first-order valence-corrected chi connectivity index (χ1v) is 10.8. The van der Waals surface area contributed by atoms with E-state index in [1.165, 1.54) is 89.2 Å². The molecule has 0 aliphatic heterocycles. The summed E-state index contributed by atoms with van der Waals surface area (Å²) in [6.45, 7) is 5.00. The van der Waals surface area contributed by atoms with Gasteiger partial charge in [-0.15, -0.1) is 0 Å². The monoisotopic (exact) mass is 367 g/mol. The highest BCUT2D eigenvalue weighted by Gasteiger charge is 1.98. The van der Waals surface area contributed by atoms with Gasteiger partial charge in [-0.1, -0.05) is 90.4 Å². The molecule has 0 aliphatic carbocycles. The van der Waals surface area contributed by atoms with Gasteiger partial charge >= 0.3 is 5.97 Å². The van der Waals surface area contributed by atoms with E-state index in [4.69, 9.17) is 4.74 Å². The number of ether oxygens (including phenoxy) is 1. The molecular formula is C22H41NO3. The highest BCUT2D eigenvalue weighted by molar-refractivity contribution is 5.94. The summed E-state index contributed by atoms with van der Waals surface area (Å²) < 4.78 is 4.72. The molecule has 4 nitrogen and oxygen atoms in total. The average molecular weight is 368 g/mol. The Kier molecular flexibility index (Phi) is 19.0. The highest BCUT2D eigenvalue weighted by atomic mass is 16.5. The van der Waals surface area contributed by atoms with E-state index in [9.17, 15) is 9.59 Å². The maximum absolute atomic E-state index is 11.5. The summed E-state index contributed by atoms with van der Waals surface area (Å²) in [6.07, 6.45) is 21.0. The van der Waals surface area contributed by atoms with Gasteiger partial charge in [0.1, 0.15) is 0 Å². The van der Waals surface area contributed by atoms with Crippen LogP contribution in [0.1, 0.15) is 104 Å². The SMILES string of the molecule is CCCCCCCCCCCCCCCCNC(=O)/C=C/C(=O)OCC. The van der Waals surface area contributed by atoms with Crippen LogP contribution < -0.4 is 5.32 Å². The molecule has 1 amide bonds. The Morgan fingerprint density at radius 3 is 1.62 bits per heavy atom. The van der Waals surface area contributed by atoms with Gasteiger partial charge in [0.15, 0.2) is 0 Å². The van der Waals surface area contributed by atoms with Crippen LogP contribution in [0.5, 0.6) is 0 Å². The Balaban J connectivity index is 3.24. The van der Waals surface area contributed by atoms with Crippen molar-refractivity contribution in [2.45, 2.75) is 104 Å². The van der Waals surface area contributed by atoms with Crippen molar-refractivity contribution in [1.29, 1.82) is 0 Å². The van der Waals surface area contributed by atoms with Gasteiger partial charge in [-0.3, -0.25) is 4.79 Å². The molecule has 1 N–H and O–H groups in total. The van der Waals surface area contributed by atoms with E-state index in [1.54, 1.807) is 6.92 Å². The van der Waals surface area contributed by atoms with Gasteiger partial charge in [0.25, 0.3) is 0 Å². The van der Waals surface area contributed by atoms with Crippen molar-refractivity contribution in [2.75, 3.05) is 13.2 Å². The predicted octanol–water partition coefficient (Wildman–Crippen LogP) is 5.70. The zero-order valence-corrected chi connectivity index (χ0v) is 17.2. The second-order valence-electron chi connectivity index (χ2n) is 6.97. The van der Waals surface area contributed by atoms with Crippen molar-refractivity contribution < 1.29 is 14.3 Å². The van der Waals surface area contributed by atoms with Crippen LogP contribution in [0.25, 0.3) is 0 Å². The van der Waals surface area contributed by atoms with Gasteiger partial charge < -0.3 is 10.1 Å². The lowest BCUT2D eigenvalue weighted by Gasteiger charge is -2.04. The van der Waals surface area contributed by atoms with Crippen LogP contribution in [0.3, 0.4) is 0 Å². The van der Waals surface area contributed by atoms with Crippen molar-refractivity contribution >= 4 is 11.9 Å². The smallest absolute Gasteiger partial charge is 0.330 e. The summed E-state index contributed by atoms with van der Waals surface area (Å²) in [7, 11) is 0. The fourth-order valence-corrected chi connectivity index (χ4v) is 2.92. The summed E-state index contributed by atoms with van der Waals surface area (Å²) in [6, 6.07) is 0. The molecule has 0 unspecified atom stereocenters. The van der Waals surface area contributed by atoms with Crippen molar-refractivity contribution in [1.82, 2.24) is 5.32 Å². The maximum Gasteiger partial charge on any atom is 0.330 e. The molecule has 0 aromatic heterocycles. The lowest BCUT2D eigenvalue weighted by Crippen LogP contribution is -2.22. The molecular weight excluding hydrogens is 326 g/mol. The molecule has 0 bridgehead atoms. The summed E-state index contributed by atoms with van der Waals surface area (Å²) in [5.41, 5.74) is 0. The summed E-state index contributed by atoms with van der Waals surface area (Å²) >= 11 is 0. The summed E-state index contributed by atoms with van der Waals surface area (Å²) in [5.74, 6) is -0.702. The van der Waals surface area contributed by atoms with Crippen LogP contribution in [0, 0.1) is 0 Å². The van der Waals surface area contributed by atoms with Crippen molar-refractivity contribution in [3.63, 3.8) is 0 Å². The van der Waals surface area contributed by atoms with E-state index < -0.39 is 5.97 Å². The molecule has 0 aliphatic rings. The molecule has 0 saturated carbocycles. The Morgan fingerprint density at radius 2 is 1.15 bits per heavy atom. The number of nitrogens with one attached hydrogen (secondary N) is 1. The van der Waals surface area contributed by atoms with Gasteiger partial charge in [-0.25, -0.2) is 4.79 Å². The van der Waals surface area contributed by atoms with Crippen LogP contribution >= 0.6 is 0 Å². The van der Waals surface area contributed by atoms with Crippen LogP contribution in [0.4, 0.5) is 0 Å². The van der Waals surface area contributed by atoms with E-state index in [0.717, 1.165) is 12.8 Å². The van der Waals surface area contributed by atoms with Gasteiger partial charge in [0.2, 0.25) is 5.91 Å². The van der Waals surface area contributed by atoms with Crippen molar-refractivity contribution in [2.24, 2.45) is 0 Å². The number of amides is 1. The largest absolute Gasteiger partial charge is 0.463 e. The third kappa shape index (κ3) is 19.0. The third-order valence-electron chi connectivity index (χ3n) is 4.49. The summed E-state index contributed by atoms with van der Waals surface area (Å²) in [5, 5.41) is 2.79. The second kappa shape index (κ2) is 20.0. The Morgan fingerprint density at radius 1 is 0.692 bits per heavy atom. The van der Waals surface area contributed by atoms with E-state index in [-0.39, 0.29) is 5.91 Å². The first-order valence-electron chi connectivity index (χ1n) is 10.8. The molecule has 0 saturated heterocycles. The lowest BCUT2D eigenvalue weighted by molar-refractivity contribution is -0.137. The fourth-order valence-electron chi connectivity index (χ4n) is 2.92. The number of unbranched alkanes of at least 4 members (excludes halogenated alkanes) is 13. The predicted molar refractivity (Wildman–Crippen MR) is 109 cm³/mol. The number of hydrogen-bond donors (Lipinski definition) is 1. The normalized spacial score (nSPS) is 11.0. The standard InChI is InChI=1S/C22H41NO3/c1-3-5-6-7-8-9-10-11-12-13-14-15-16-17-20-23-21(24)18-19-22(25)26-4-2/h18-19H,3-17,20H2,1-2H3,(H,23,24)/b19-18+. The van der Waals surface area contributed by atoms with E-state index in [0.29, 0.717) is 13.2 Å². The Bertz CT molecular complexity index is 366. The molecule has 0 radical (unpaired) electrons. The second-order valence-corrected chi connectivity index (χ2v) is 6.97. The first-order chi connectivity index (χ1) is 12.7. The lowest BCUT2D eigenvalue weighted by atomic mass is 10.0. The van der Waals surface area contributed by atoms with Crippen LogP contribution in [0.15, 0.2) is 12.2 Å². The zero-order valence-electron chi connectivity index (χ0n) is 17.2. The quantitative estimate of drug-likeness (QED) is 0.192. The number of esters is 1. The van der Waals surface area contributed by atoms with E-state index in [2.05, 4.69) is 12.2 Å². The molecule has 4 heteroatoms.